The summed E-state index contributed by atoms with van der Waals surface area (Å²) in [5, 5.41) is 12.0. The van der Waals surface area contributed by atoms with Gasteiger partial charge in [0.1, 0.15) is 11.9 Å². The molecule has 0 saturated carbocycles. The SMILES string of the molecule is N#Cc1ccccc1Sc1ccccc1C(=O)NCCc1nccn1C(F)F. The van der Waals surface area contributed by atoms with E-state index in [0.717, 1.165) is 9.46 Å². The van der Waals surface area contributed by atoms with E-state index in [0.29, 0.717) is 16.0 Å². The van der Waals surface area contributed by atoms with E-state index >= 15 is 0 Å². The van der Waals surface area contributed by atoms with Gasteiger partial charge in [0, 0.05) is 35.2 Å². The van der Waals surface area contributed by atoms with Crippen LogP contribution >= 0.6 is 11.8 Å². The van der Waals surface area contributed by atoms with Crippen molar-refractivity contribution in [3.63, 3.8) is 0 Å². The van der Waals surface area contributed by atoms with E-state index in [2.05, 4.69) is 16.4 Å². The minimum absolute atomic E-state index is 0.177. The number of halogens is 2. The van der Waals surface area contributed by atoms with Crippen molar-refractivity contribution in [3.8, 4) is 6.07 Å². The summed E-state index contributed by atoms with van der Waals surface area (Å²) >= 11 is 1.33. The van der Waals surface area contributed by atoms with Crippen molar-refractivity contribution < 1.29 is 13.6 Å². The van der Waals surface area contributed by atoms with Crippen LogP contribution in [-0.2, 0) is 6.42 Å². The molecule has 0 saturated heterocycles. The van der Waals surface area contributed by atoms with E-state index in [4.69, 9.17) is 0 Å². The molecule has 0 unspecified atom stereocenters. The molecule has 1 aromatic heterocycles. The zero-order chi connectivity index (χ0) is 19.9. The molecule has 0 aliphatic rings. The number of nitrogens with zero attached hydrogens (tertiary/aromatic N) is 3. The molecule has 0 radical (unpaired) electrons. The number of rotatable bonds is 7. The topological polar surface area (TPSA) is 70.7 Å². The molecule has 1 N–H and O–H groups in total. The zero-order valence-electron chi connectivity index (χ0n) is 14.7. The molecule has 1 heterocycles. The lowest BCUT2D eigenvalue weighted by Gasteiger charge is -2.11. The fraction of sp³-hybridized carbons (Fsp3) is 0.150. The van der Waals surface area contributed by atoms with Crippen LogP contribution < -0.4 is 5.32 Å². The van der Waals surface area contributed by atoms with E-state index < -0.39 is 6.55 Å². The van der Waals surface area contributed by atoms with Gasteiger partial charge < -0.3 is 5.32 Å². The van der Waals surface area contributed by atoms with Gasteiger partial charge in [0.05, 0.1) is 11.1 Å². The first-order valence-corrected chi connectivity index (χ1v) is 9.26. The van der Waals surface area contributed by atoms with Crippen LogP contribution in [0.25, 0.3) is 0 Å². The number of amides is 1. The van der Waals surface area contributed by atoms with Crippen molar-refractivity contribution in [1.82, 2.24) is 14.9 Å². The molecule has 5 nitrogen and oxygen atoms in total. The smallest absolute Gasteiger partial charge is 0.319 e. The normalized spacial score (nSPS) is 10.6. The molecule has 8 heteroatoms. The molecule has 1 amide bonds. The van der Waals surface area contributed by atoms with Crippen LogP contribution in [0.15, 0.2) is 70.7 Å². The van der Waals surface area contributed by atoms with E-state index in [9.17, 15) is 18.8 Å². The third-order valence-corrected chi connectivity index (χ3v) is 5.10. The number of nitrogens with one attached hydrogen (secondary N) is 1. The number of carbonyl (C=O) groups is 1. The lowest BCUT2D eigenvalue weighted by Crippen LogP contribution is -2.27. The van der Waals surface area contributed by atoms with Gasteiger partial charge in [-0.2, -0.15) is 14.0 Å². The number of aromatic nitrogens is 2. The Kier molecular flexibility index (Phi) is 6.40. The number of benzene rings is 2. The minimum Gasteiger partial charge on any atom is -0.352 e. The lowest BCUT2D eigenvalue weighted by atomic mass is 10.2. The van der Waals surface area contributed by atoms with Crippen molar-refractivity contribution in [2.24, 2.45) is 0 Å². The molecule has 28 heavy (non-hydrogen) atoms. The van der Waals surface area contributed by atoms with E-state index in [1.165, 1.54) is 24.2 Å². The van der Waals surface area contributed by atoms with Crippen molar-refractivity contribution in [3.05, 3.63) is 77.9 Å². The largest absolute Gasteiger partial charge is 0.352 e. The van der Waals surface area contributed by atoms with Crippen LogP contribution in [0.1, 0.15) is 28.3 Å². The van der Waals surface area contributed by atoms with Gasteiger partial charge in [-0.1, -0.05) is 36.0 Å². The summed E-state index contributed by atoms with van der Waals surface area (Å²) in [6.07, 6.45) is 2.71. The molecule has 2 aromatic carbocycles. The maximum atomic E-state index is 12.8. The van der Waals surface area contributed by atoms with Crippen molar-refractivity contribution in [1.29, 1.82) is 5.26 Å². The first kappa shape index (κ1) is 19.6. The Hall–Kier alpha value is -3.18. The fourth-order valence-corrected chi connectivity index (χ4v) is 3.63. The van der Waals surface area contributed by atoms with Gasteiger partial charge in [-0.3, -0.25) is 9.36 Å². The predicted octanol–water partition coefficient (Wildman–Crippen LogP) is 4.27. The van der Waals surface area contributed by atoms with Gasteiger partial charge in [-0.15, -0.1) is 0 Å². The second-order valence-electron chi connectivity index (χ2n) is 5.74. The van der Waals surface area contributed by atoms with Gasteiger partial charge in [-0.05, 0) is 24.3 Å². The summed E-state index contributed by atoms with van der Waals surface area (Å²) in [6, 6.07) is 16.3. The second-order valence-corrected chi connectivity index (χ2v) is 6.82. The third-order valence-electron chi connectivity index (χ3n) is 3.95. The molecule has 142 valence electrons. The van der Waals surface area contributed by atoms with Crippen LogP contribution in [0.4, 0.5) is 8.78 Å². The molecule has 0 bridgehead atoms. The van der Waals surface area contributed by atoms with Gasteiger partial charge in [0.2, 0.25) is 0 Å². The summed E-state index contributed by atoms with van der Waals surface area (Å²) in [6.45, 7) is -2.48. The van der Waals surface area contributed by atoms with Crippen molar-refractivity contribution in [2.75, 3.05) is 6.54 Å². The number of alkyl halides is 2. The Balaban J connectivity index is 1.69. The molecule has 0 aliphatic heterocycles. The van der Waals surface area contributed by atoms with E-state index in [-0.39, 0.29) is 24.7 Å². The summed E-state index contributed by atoms with van der Waals surface area (Å²) in [5.41, 5.74) is 0.985. The third kappa shape index (κ3) is 4.56. The molecule has 3 aromatic rings. The molecule has 0 aliphatic carbocycles. The maximum absolute atomic E-state index is 12.8. The maximum Gasteiger partial charge on any atom is 0.319 e. The number of nitriles is 1. The average molecular weight is 398 g/mol. The molecular formula is C20H16F2N4OS. The Bertz CT molecular complexity index is 1010. The van der Waals surface area contributed by atoms with Gasteiger partial charge in [-0.25, -0.2) is 4.98 Å². The standard InChI is InChI=1S/C20H16F2N4OS/c21-20(22)26-12-11-24-18(26)9-10-25-19(27)15-6-2-4-8-17(15)28-16-7-3-1-5-14(16)13-23/h1-8,11-12,20H,9-10H2,(H,25,27). The Morgan fingerprint density at radius 3 is 2.64 bits per heavy atom. The molecule has 0 fully saturated rings. The van der Waals surface area contributed by atoms with E-state index in [1.807, 2.05) is 18.2 Å². The monoisotopic (exact) mass is 398 g/mol. The molecule has 0 atom stereocenters. The predicted molar refractivity (Wildman–Crippen MR) is 101 cm³/mol. The lowest BCUT2D eigenvalue weighted by molar-refractivity contribution is 0.0670. The van der Waals surface area contributed by atoms with Crippen LogP contribution in [0, 0.1) is 11.3 Å². The summed E-state index contributed by atoms with van der Waals surface area (Å²) in [5.74, 6) is -0.103. The van der Waals surface area contributed by atoms with E-state index in [1.54, 1.807) is 30.3 Å². The number of hydrogen-bond donors (Lipinski definition) is 1. The first-order valence-electron chi connectivity index (χ1n) is 8.44. The van der Waals surface area contributed by atoms with Gasteiger partial charge in [0.25, 0.3) is 5.91 Å². The van der Waals surface area contributed by atoms with Gasteiger partial charge in [0.15, 0.2) is 0 Å². The highest BCUT2D eigenvalue weighted by Crippen LogP contribution is 2.32. The van der Waals surface area contributed by atoms with Crippen molar-refractivity contribution in [2.45, 2.75) is 22.8 Å². The highest BCUT2D eigenvalue weighted by Gasteiger charge is 2.15. The highest BCUT2D eigenvalue weighted by molar-refractivity contribution is 7.99. The van der Waals surface area contributed by atoms with Crippen LogP contribution in [0.3, 0.4) is 0 Å². The molecular weight excluding hydrogens is 382 g/mol. The highest BCUT2D eigenvalue weighted by atomic mass is 32.2. The van der Waals surface area contributed by atoms with Crippen molar-refractivity contribution >= 4 is 17.7 Å². The first-order chi connectivity index (χ1) is 13.6. The number of hydrogen-bond acceptors (Lipinski definition) is 4. The molecule has 3 rings (SSSR count). The number of imidazole rings is 1. The average Bonchev–Trinajstić information content (AvgIpc) is 3.17. The van der Waals surface area contributed by atoms with Crippen LogP contribution in [0.5, 0.6) is 0 Å². The number of carbonyl (C=O) groups excluding carboxylic acids is 1. The molecule has 0 spiro atoms. The Labute approximate surface area is 165 Å². The zero-order valence-corrected chi connectivity index (χ0v) is 15.5. The van der Waals surface area contributed by atoms with Gasteiger partial charge >= 0.3 is 6.55 Å². The second kappa shape index (κ2) is 9.15. The Morgan fingerprint density at radius 2 is 1.89 bits per heavy atom. The quantitative estimate of drug-likeness (QED) is 0.645. The fourth-order valence-electron chi connectivity index (χ4n) is 2.61. The summed E-state index contributed by atoms with van der Waals surface area (Å²) in [4.78, 5) is 17.9. The minimum atomic E-state index is -2.66. The van der Waals surface area contributed by atoms with Crippen LogP contribution in [-0.4, -0.2) is 22.0 Å². The summed E-state index contributed by atoms with van der Waals surface area (Å²) in [7, 11) is 0. The summed E-state index contributed by atoms with van der Waals surface area (Å²) < 4.78 is 26.5. The Morgan fingerprint density at radius 1 is 1.18 bits per heavy atom. The van der Waals surface area contributed by atoms with Crippen LogP contribution in [0.2, 0.25) is 0 Å².